The van der Waals surface area contributed by atoms with Crippen molar-refractivity contribution < 1.29 is 42.9 Å². The first-order valence-electron chi connectivity index (χ1n) is 13.8. The maximum absolute atomic E-state index is 12.6. The van der Waals surface area contributed by atoms with Crippen LogP contribution < -0.4 is 18.9 Å². The van der Waals surface area contributed by atoms with Gasteiger partial charge in [-0.25, -0.2) is 19.2 Å². The summed E-state index contributed by atoms with van der Waals surface area (Å²) in [6.45, 7) is 5.99. The van der Waals surface area contributed by atoms with E-state index in [0.29, 0.717) is 48.7 Å². The van der Waals surface area contributed by atoms with Crippen LogP contribution in [0.15, 0.2) is 110 Å². The smallest absolute Gasteiger partial charge is 0.343 e. The average molecular weight is 595 g/mol. The fraction of sp³-hybridized carbons (Fsp3) is 0.143. The Kier molecular flexibility index (Phi) is 11.0. The van der Waals surface area contributed by atoms with Crippen LogP contribution >= 0.6 is 0 Å². The highest BCUT2D eigenvalue weighted by Crippen LogP contribution is 2.21. The summed E-state index contributed by atoms with van der Waals surface area (Å²) in [6.07, 6.45) is 2.46. The van der Waals surface area contributed by atoms with E-state index in [1.165, 1.54) is 48.5 Å². The summed E-state index contributed by atoms with van der Waals surface area (Å²) in [5, 5.41) is 0. The zero-order chi connectivity index (χ0) is 31.3. The van der Waals surface area contributed by atoms with Crippen molar-refractivity contribution in [3.05, 3.63) is 132 Å². The van der Waals surface area contributed by atoms with Crippen LogP contribution in [-0.4, -0.2) is 37.1 Å². The molecule has 0 aliphatic rings. The number of hydrogen-bond donors (Lipinski definition) is 0. The highest BCUT2D eigenvalue weighted by Gasteiger charge is 2.13. The van der Waals surface area contributed by atoms with Gasteiger partial charge in [-0.05, 0) is 105 Å². The zero-order valence-corrected chi connectivity index (χ0v) is 24.0. The minimum absolute atomic E-state index is 0.250. The third kappa shape index (κ3) is 9.42. The van der Waals surface area contributed by atoms with E-state index in [1.54, 1.807) is 36.4 Å². The lowest BCUT2D eigenvalue weighted by Gasteiger charge is -2.09. The van der Waals surface area contributed by atoms with Crippen LogP contribution in [0.3, 0.4) is 0 Å². The molecule has 4 aromatic carbocycles. The second kappa shape index (κ2) is 15.5. The second-order valence-electron chi connectivity index (χ2n) is 9.48. The van der Waals surface area contributed by atoms with Gasteiger partial charge in [0.2, 0.25) is 0 Å². The summed E-state index contributed by atoms with van der Waals surface area (Å²) in [6, 6.07) is 25.6. The topological polar surface area (TPSA) is 114 Å². The van der Waals surface area contributed by atoms with Crippen molar-refractivity contribution in [2.45, 2.75) is 19.8 Å². The number of carbonyl (C=O) groups excluding carboxylic acids is 4. The van der Waals surface area contributed by atoms with Gasteiger partial charge < -0.3 is 23.7 Å². The molecule has 0 bridgehead atoms. The molecule has 0 aliphatic heterocycles. The van der Waals surface area contributed by atoms with Crippen molar-refractivity contribution >= 4 is 23.9 Å². The van der Waals surface area contributed by atoms with E-state index in [2.05, 4.69) is 6.58 Å². The van der Waals surface area contributed by atoms with Crippen molar-refractivity contribution in [1.82, 2.24) is 0 Å². The number of esters is 4. The molecule has 0 unspecified atom stereocenters. The molecule has 9 nitrogen and oxygen atoms in total. The molecule has 0 N–H and O–H groups in total. The molecule has 44 heavy (non-hydrogen) atoms. The monoisotopic (exact) mass is 594 g/mol. The van der Waals surface area contributed by atoms with Gasteiger partial charge in [0.1, 0.15) is 23.0 Å². The molecule has 9 heteroatoms. The van der Waals surface area contributed by atoms with E-state index in [4.69, 9.17) is 23.7 Å². The van der Waals surface area contributed by atoms with Gasteiger partial charge in [0.25, 0.3) is 0 Å². The van der Waals surface area contributed by atoms with E-state index in [9.17, 15) is 19.2 Å². The predicted octanol–water partition coefficient (Wildman–Crippen LogP) is 6.54. The third-order valence-corrected chi connectivity index (χ3v) is 6.14. The first kappa shape index (κ1) is 31.2. The lowest BCUT2D eigenvalue weighted by molar-refractivity contribution is -0.137. The second-order valence-corrected chi connectivity index (χ2v) is 9.48. The van der Waals surface area contributed by atoms with E-state index in [1.807, 2.05) is 19.1 Å². The van der Waals surface area contributed by atoms with Gasteiger partial charge in [-0.3, -0.25) is 0 Å². The highest BCUT2D eigenvalue weighted by atomic mass is 16.5. The molecule has 4 aromatic rings. The van der Waals surface area contributed by atoms with E-state index >= 15 is 0 Å². The Hall–Kier alpha value is -5.70. The Balaban J connectivity index is 1.21. The van der Waals surface area contributed by atoms with Gasteiger partial charge in [-0.1, -0.05) is 24.3 Å². The molecule has 0 radical (unpaired) electrons. The van der Waals surface area contributed by atoms with Gasteiger partial charge in [0.15, 0.2) is 0 Å². The zero-order valence-electron chi connectivity index (χ0n) is 24.0. The van der Waals surface area contributed by atoms with Crippen LogP contribution in [0.4, 0.5) is 0 Å². The number of carbonyl (C=O) groups is 4. The molecular formula is C35H30O9. The first-order chi connectivity index (χ1) is 21.3. The normalized spacial score (nSPS) is 10.3. The molecule has 0 amide bonds. The van der Waals surface area contributed by atoms with Gasteiger partial charge in [-0.15, -0.1) is 0 Å². The number of aryl methyl sites for hydroxylation is 1. The average Bonchev–Trinajstić information content (AvgIpc) is 3.04. The standard InChI is InChI=1S/C35H30O9/c1-3-32(36)41-23-5-4-22-40-28-14-10-26(11-15-28)34(38)42-29-16-12-27(13-17-29)35(39)44-31-20-18-30(19-21-31)43-33(37)25-8-6-24(2)7-9-25/h3,6-21H,1,4-5,22-23H2,2H3. The summed E-state index contributed by atoms with van der Waals surface area (Å²) in [7, 11) is 0. The Morgan fingerprint density at radius 3 is 1.34 bits per heavy atom. The molecule has 224 valence electrons. The lowest BCUT2D eigenvalue weighted by Crippen LogP contribution is -2.10. The van der Waals surface area contributed by atoms with Gasteiger partial charge >= 0.3 is 23.9 Å². The van der Waals surface area contributed by atoms with E-state index in [-0.39, 0.29) is 17.1 Å². The molecule has 0 aromatic heterocycles. The van der Waals surface area contributed by atoms with E-state index < -0.39 is 23.9 Å². The molecular weight excluding hydrogens is 564 g/mol. The third-order valence-electron chi connectivity index (χ3n) is 6.14. The fourth-order valence-electron chi connectivity index (χ4n) is 3.74. The summed E-state index contributed by atoms with van der Waals surface area (Å²) in [5.74, 6) is -0.706. The van der Waals surface area contributed by atoms with Crippen LogP contribution in [-0.2, 0) is 9.53 Å². The summed E-state index contributed by atoms with van der Waals surface area (Å²) >= 11 is 0. The molecule has 0 fully saturated rings. The first-order valence-corrected chi connectivity index (χ1v) is 13.8. The van der Waals surface area contributed by atoms with Crippen LogP contribution in [0, 0.1) is 6.92 Å². The molecule has 0 atom stereocenters. The van der Waals surface area contributed by atoms with Crippen molar-refractivity contribution in [2.75, 3.05) is 13.2 Å². The Bertz CT molecular complexity index is 1590. The molecule has 0 spiro atoms. The maximum atomic E-state index is 12.6. The number of unbranched alkanes of at least 4 members (excludes halogenated alkanes) is 1. The van der Waals surface area contributed by atoms with Crippen molar-refractivity contribution in [1.29, 1.82) is 0 Å². The van der Waals surface area contributed by atoms with Gasteiger partial charge in [0.05, 0.1) is 29.9 Å². The van der Waals surface area contributed by atoms with Crippen LogP contribution in [0.1, 0.15) is 49.5 Å². The van der Waals surface area contributed by atoms with Crippen molar-refractivity contribution in [3.8, 4) is 23.0 Å². The minimum Gasteiger partial charge on any atom is -0.494 e. The molecule has 0 heterocycles. The Morgan fingerprint density at radius 2 is 0.909 bits per heavy atom. The number of hydrogen-bond acceptors (Lipinski definition) is 9. The Labute approximate surface area is 254 Å². The number of ether oxygens (including phenoxy) is 5. The fourth-order valence-corrected chi connectivity index (χ4v) is 3.74. The highest BCUT2D eigenvalue weighted by molar-refractivity contribution is 5.93. The van der Waals surface area contributed by atoms with Crippen LogP contribution in [0.2, 0.25) is 0 Å². The van der Waals surface area contributed by atoms with E-state index in [0.717, 1.165) is 11.6 Å². The quantitative estimate of drug-likeness (QED) is 0.0736. The minimum atomic E-state index is -0.611. The summed E-state index contributed by atoms with van der Waals surface area (Å²) < 4.78 is 26.7. The van der Waals surface area contributed by atoms with Gasteiger partial charge in [0, 0.05) is 6.08 Å². The number of rotatable bonds is 13. The predicted molar refractivity (Wildman–Crippen MR) is 161 cm³/mol. The van der Waals surface area contributed by atoms with Crippen molar-refractivity contribution in [3.63, 3.8) is 0 Å². The number of benzene rings is 4. The lowest BCUT2D eigenvalue weighted by atomic mass is 10.1. The molecule has 0 saturated heterocycles. The molecule has 4 rings (SSSR count). The SMILES string of the molecule is C=CC(=O)OCCCCOc1ccc(C(=O)Oc2ccc(C(=O)Oc3ccc(OC(=O)c4ccc(C)cc4)cc3)cc2)cc1. The van der Waals surface area contributed by atoms with Gasteiger partial charge in [-0.2, -0.15) is 0 Å². The Morgan fingerprint density at radius 1 is 0.545 bits per heavy atom. The maximum Gasteiger partial charge on any atom is 0.343 e. The molecule has 0 aliphatic carbocycles. The summed E-state index contributed by atoms with van der Waals surface area (Å²) in [5.41, 5.74) is 2.04. The van der Waals surface area contributed by atoms with Crippen LogP contribution in [0.25, 0.3) is 0 Å². The summed E-state index contributed by atoms with van der Waals surface area (Å²) in [4.78, 5) is 48.4. The largest absolute Gasteiger partial charge is 0.494 e. The molecule has 0 saturated carbocycles. The van der Waals surface area contributed by atoms with Crippen LogP contribution in [0.5, 0.6) is 23.0 Å². The van der Waals surface area contributed by atoms with Crippen molar-refractivity contribution in [2.24, 2.45) is 0 Å².